The summed E-state index contributed by atoms with van der Waals surface area (Å²) in [5.41, 5.74) is 5.88. The standard InChI is InChI=1S/C11H19N3O/c1-3-4-8(7-12)9-13-10(14-15-9)11(2)5-6-11/h8H,3-7,12H2,1-2H3. The topological polar surface area (TPSA) is 64.9 Å². The minimum Gasteiger partial charge on any atom is -0.339 e. The first-order chi connectivity index (χ1) is 7.19. The van der Waals surface area contributed by atoms with Crippen molar-refractivity contribution in [3.05, 3.63) is 11.7 Å². The highest BCUT2D eigenvalue weighted by molar-refractivity contribution is 5.15. The number of nitrogens with two attached hydrogens (primary N) is 1. The lowest BCUT2D eigenvalue weighted by atomic mass is 10.0. The van der Waals surface area contributed by atoms with E-state index in [0.717, 1.165) is 24.6 Å². The Labute approximate surface area is 90.2 Å². The molecule has 0 radical (unpaired) electrons. The zero-order valence-electron chi connectivity index (χ0n) is 9.49. The molecule has 1 saturated carbocycles. The Morgan fingerprint density at radius 2 is 2.27 bits per heavy atom. The van der Waals surface area contributed by atoms with Crippen molar-refractivity contribution in [3.63, 3.8) is 0 Å². The van der Waals surface area contributed by atoms with Gasteiger partial charge in [-0.3, -0.25) is 0 Å². The average molecular weight is 209 g/mol. The Balaban J connectivity index is 2.11. The van der Waals surface area contributed by atoms with E-state index >= 15 is 0 Å². The summed E-state index contributed by atoms with van der Waals surface area (Å²) in [7, 11) is 0. The minimum absolute atomic E-state index is 0.188. The van der Waals surface area contributed by atoms with Gasteiger partial charge in [-0.05, 0) is 19.3 Å². The van der Waals surface area contributed by atoms with E-state index in [9.17, 15) is 0 Å². The van der Waals surface area contributed by atoms with Gasteiger partial charge in [0, 0.05) is 12.0 Å². The fourth-order valence-corrected chi connectivity index (χ4v) is 1.75. The summed E-state index contributed by atoms with van der Waals surface area (Å²) in [4.78, 5) is 4.48. The van der Waals surface area contributed by atoms with Crippen molar-refractivity contribution in [2.75, 3.05) is 6.54 Å². The van der Waals surface area contributed by atoms with Crippen LogP contribution in [0, 0.1) is 0 Å². The molecule has 1 fully saturated rings. The van der Waals surface area contributed by atoms with Gasteiger partial charge in [0.05, 0.1) is 5.92 Å². The van der Waals surface area contributed by atoms with Crippen LogP contribution in [-0.4, -0.2) is 16.7 Å². The van der Waals surface area contributed by atoms with Gasteiger partial charge in [0.2, 0.25) is 5.89 Å². The fraction of sp³-hybridized carbons (Fsp3) is 0.818. The van der Waals surface area contributed by atoms with Gasteiger partial charge in [0.25, 0.3) is 0 Å². The van der Waals surface area contributed by atoms with Crippen molar-refractivity contribution in [2.24, 2.45) is 5.73 Å². The van der Waals surface area contributed by atoms with E-state index in [1.54, 1.807) is 0 Å². The zero-order valence-corrected chi connectivity index (χ0v) is 9.49. The van der Waals surface area contributed by atoms with Crippen LogP contribution in [0.3, 0.4) is 0 Å². The number of rotatable bonds is 5. The van der Waals surface area contributed by atoms with E-state index in [0.29, 0.717) is 6.54 Å². The molecule has 2 rings (SSSR count). The lowest BCUT2D eigenvalue weighted by molar-refractivity contribution is 0.341. The summed E-state index contributed by atoms with van der Waals surface area (Å²) in [6, 6.07) is 0. The van der Waals surface area contributed by atoms with Crippen LogP contribution < -0.4 is 5.73 Å². The first-order valence-corrected chi connectivity index (χ1v) is 5.74. The molecule has 84 valence electrons. The van der Waals surface area contributed by atoms with Crippen LogP contribution in [0.4, 0.5) is 0 Å². The quantitative estimate of drug-likeness (QED) is 0.805. The van der Waals surface area contributed by atoms with E-state index in [2.05, 4.69) is 24.0 Å². The number of nitrogens with zero attached hydrogens (tertiary/aromatic N) is 2. The number of hydrogen-bond acceptors (Lipinski definition) is 4. The lowest BCUT2D eigenvalue weighted by Crippen LogP contribution is -2.13. The van der Waals surface area contributed by atoms with Crippen molar-refractivity contribution < 1.29 is 4.52 Å². The summed E-state index contributed by atoms with van der Waals surface area (Å²) in [6.45, 7) is 4.91. The molecule has 1 aliphatic rings. The molecule has 0 amide bonds. The Morgan fingerprint density at radius 1 is 1.53 bits per heavy atom. The summed E-state index contributed by atoms with van der Waals surface area (Å²) in [6.07, 6.45) is 4.46. The molecule has 0 aliphatic heterocycles. The van der Waals surface area contributed by atoms with Crippen molar-refractivity contribution in [3.8, 4) is 0 Å². The molecule has 1 aromatic heterocycles. The van der Waals surface area contributed by atoms with Crippen LogP contribution in [0.2, 0.25) is 0 Å². The predicted octanol–water partition coefficient (Wildman–Crippen LogP) is 1.96. The molecule has 15 heavy (non-hydrogen) atoms. The molecule has 0 aromatic carbocycles. The van der Waals surface area contributed by atoms with Gasteiger partial charge in [-0.15, -0.1) is 0 Å². The van der Waals surface area contributed by atoms with Gasteiger partial charge in [-0.25, -0.2) is 0 Å². The number of hydrogen-bond donors (Lipinski definition) is 1. The van der Waals surface area contributed by atoms with Crippen LogP contribution in [0.1, 0.15) is 57.2 Å². The van der Waals surface area contributed by atoms with Gasteiger partial charge in [-0.2, -0.15) is 4.98 Å². The first-order valence-electron chi connectivity index (χ1n) is 5.74. The van der Waals surface area contributed by atoms with Gasteiger partial charge in [-0.1, -0.05) is 25.4 Å². The highest BCUT2D eigenvalue weighted by Crippen LogP contribution is 2.46. The summed E-state index contributed by atoms with van der Waals surface area (Å²) in [5.74, 6) is 1.83. The highest BCUT2D eigenvalue weighted by Gasteiger charge is 2.43. The smallest absolute Gasteiger partial charge is 0.231 e. The first kappa shape index (κ1) is 10.6. The van der Waals surface area contributed by atoms with E-state index in [4.69, 9.17) is 10.3 Å². The summed E-state index contributed by atoms with van der Waals surface area (Å²) < 4.78 is 5.30. The second-order valence-electron chi connectivity index (χ2n) is 4.74. The SMILES string of the molecule is CCCC(CN)c1nc(C2(C)CC2)no1. The third-order valence-electron chi connectivity index (χ3n) is 3.25. The van der Waals surface area contributed by atoms with Gasteiger partial charge in [0.15, 0.2) is 5.82 Å². The number of aromatic nitrogens is 2. The highest BCUT2D eigenvalue weighted by atomic mass is 16.5. The molecule has 1 aliphatic carbocycles. The molecule has 2 N–H and O–H groups in total. The van der Waals surface area contributed by atoms with Crippen molar-refractivity contribution in [1.29, 1.82) is 0 Å². The molecular formula is C11H19N3O. The second-order valence-corrected chi connectivity index (χ2v) is 4.74. The molecule has 0 bridgehead atoms. The normalized spacial score (nSPS) is 20.2. The molecule has 4 nitrogen and oxygen atoms in total. The predicted molar refractivity (Wildman–Crippen MR) is 57.6 cm³/mol. The van der Waals surface area contributed by atoms with Crippen LogP contribution in [0.15, 0.2) is 4.52 Å². The van der Waals surface area contributed by atoms with Crippen LogP contribution >= 0.6 is 0 Å². The monoisotopic (exact) mass is 209 g/mol. The molecule has 0 spiro atoms. The second kappa shape index (κ2) is 3.93. The molecule has 1 atom stereocenters. The van der Waals surface area contributed by atoms with E-state index in [1.165, 1.54) is 12.8 Å². The molecule has 4 heteroatoms. The van der Waals surface area contributed by atoms with E-state index in [-0.39, 0.29) is 11.3 Å². The van der Waals surface area contributed by atoms with Crippen molar-refractivity contribution in [2.45, 2.75) is 50.9 Å². The van der Waals surface area contributed by atoms with Crippen LogP contribution in [-0.2, 0) is 5.41 Å². The third kappa shape index (κ3) is 2.04. The maximum Gasteiger partial charge on any atom is 0.231 e. The lowest BCUT2D eigenvalue weighted by Gasteiger charge is -2.07. The Hall–Kier alpha value is -0.900. The molecule has 1 heterocycles. The molecule has 1 aromatic rings. The average Bonchev–Trinajstić information content (AvgIpc) is 2.82. The zero-order chi connectivity index (χ0) is 10.9. The van der Waals surface area contributed by atoms with Crippen molar-refractivity contribution >= 4 is 0 Å². The molecule has 1 unspecified atom stereocenters. The molecular weight excluding hydrogens is 190 g/mol. The van der Waals surface area contributed by atoms with E-state index < -0.39 is 0 Å². The Kier molecular flexibility index (Phi) is 2.78. The Bertz CT molecular complexity index is 330. The minimum atomic E-state index is 0.188. The van der Waals surface area contributed by atoms with Gasteiger partial charge < -0.3 is 10.3 Å². The maximum atomic E-state index is 5.70. The van der Waals surface area contributed by atoms with Gasteiger partial charge in [0.1, 0.15) is 0 Å². The van der Waals surface area contributed by atoms with Gasteiger partial charge >= 0.3 is 0 Å². The largest absolute Gasteiger partial charge is 0.339 e. The summed E-state index contributed by atoms with van der Waals surface area (Å²) >= 11 is 0. The van der Waals surface area contributed by atoms with Crippen LogP contribution in [0.25, 0.3) is 0 Å². The Morgan fingerprint density at radius 3 is 2.80 bits per heavy atom. The fourth-order valence-electron chi connectivity index (χ4n) is 1.75. The third-order valence-corrected chi connectivity index (χ3v) is 3.25. The summed E-state index contributed by atoms with van der Waals surface area (Å²) in [5, 5.41) is 4.06. The molecule has 0 saturated heterocycles. The van der Waals surface area contributed by atoms with Crippen LogP contribution in [0.5, 0.6) is 0 Å². The van der Waals surface area contributed by atoms with Crippen molar-refractivity contribution in [1.82, 2.24) is 10.1 Å². The van der Waals surface area contributed by atoms with E-state index in [1.807, 2.05) is 0 Å². The maximum absolute atomic E-state index is 5.70.